The van der Waals surface area contributed by atoms with Gasteiger partial charge in [-0.15, -0.1) is 0 Å². The summed E-state index contributed by atoms with van der Waals surface area (Å²) in [5.74, 6) is 0.758. The zero-order valence-corrected chi connectivity index (χ0v) is 15.9. The lowest BCUT2D eigenvalue weighted by molar-refractivity contribution is 0.120. The molecule has 0 spiro atoms. The lowest BCUT2D eigenvalue weighted by atomic mass is 9.95. The van der Waals surface area contributed by atoms with E-state index < -0.39 is 0 Å². The van der Waals surface area contributed by atoms with Crippen molar-refractivity contribution in [3.8, 4) is 5.75 Å². The van der Waals surface area contributed by atoms with Crippen molar-refractivity contribution in [1.29, 1.82) is 0 Å². The second-order valence-corrected chi connectivity index (χ2v) is 6.97. The maximum atomic E-state index is 6.21. The molecule has 0 unspecified atom stereocenters. The molecule has 138 valence electrons. The quantitative estimate of drug-likeness (QED) is 0.601. The third-order valence-electron chi connectivity index (χ3n) is 4.32. The van der Waals surface area contributed by atoms with Crippen LogP contribution in [0, 0.1) is 0 Å². The van der Waals surface area contributed by atoms with Crippen LogP contribution in [-0.4, -0.2) is 26.6 Å². The number of hydrogen-bond donors (Lipinski definition) is 0. The molecule has 0 amide bonds. The monoisotopic (exact) mass is 402 g/mol. The first-order chi connectivity index (χ1) is 13.1. The maximum Gasteiger partial charge on any atom is 0.143 e. The predicted molar refractivity (Wildman–Crippen MR) is 103 cm³/mol. The summed E-state index contributed by atoms with van der Waals surface area (Å²) in [5.41, 5.74) is 2.38. The van der Waals surface area contributed by atoms with Crippen molar-refractivity contribution in [3.05, 3.63) is 76.3 Å². The van der Waals surface area contributed by atoms with Crippen LogP contribution in [-0.2, 0) is 11.4 Å². The number of halogens is 2. The lowest BCUT2D eigenvalue weighted by Crippen LogP contribution is -2.38. The molecule has 2 aromatic carbocycles. The van der Waals surface area contributed by atoms with Gasteiger partial charge < -0.3 is 9.57 Å². The van der Waals surface area contributed by atoms with Crippen LogP contribution in [0.5, 0.6) is 5.75 Å². The van der Waals surface area contributed by atoms with Gasteiger partial charge in [0.1, 0.15) is 42.9 Å². The van der Waals surface area contributed by atoms with Gasteiger partial charge in [0, 0.05) is 21.2 Å². The van der Waals surface area contributed by atoms with Crippen LogP contribution >= 0.6 is 23.2 Å². The van der Waals surface area contributed by atoms with Crippen LogP contribution < -0.4 is 4.74 Å². The van der Waals surface area contributed by atoms with Crippen molar-refractivity contribution in [2.45, 2.75) is 25.7 Å². The molecule has 0 saturated heterocycles. The largest absolute Gasteiger partial charge is 0.487 e. The van der Waals surface area contributed by atoms with Crippen molar-refractivity contribution in [3.63, 3.8) is 0 Å². The van der Waals surface area contributed by atoms with Gasteiger partial charge in [-0.1, -0.05) is 46.6 Å². The summed E-state index contributed by atoms with van der Waals surface area (Å²) in [5, 5.41) is 9.80. The maximum absolute atomic E-state index is 6.21. The molecule has 1 aliphatic rings. The van der Waals surface area contributed by atoms with E-state index in [-0.39, 0.29) is 18.8 Å². The van der Waals surface area contributed by atoms with E-state index in [4.69, 9.17) is 32.8 Å². The molecule has 27 heavy (non-hydrogen) atoms. The Kier molecular flexibility index (Phi) is 5.01. The zero-order valence-electron chi connectivity index (χ0n) is 14.4. The molecule has 0 N–H and O–H groups in total. The van der Waals surface area contributed by atoms with Gasteiger partial charge in [0.15, 0.2) is 0 Å². The fraction of sp³-hybridized carbons (Fsp3) is 0.211. The Balaban J connectivity index is 1.66. The number of hydrogen-bond acceptors (Lipinski definition) is 5. The minimum absolute atomic E-state index is 0.192. The average Bonchev–Trinajstić information content (AvgIpc) is 3.17. The van der Waals surface area contributed by atoms with Crippen LogP contribution in [0.2, 0.25) is 10.0 Å². The first kappa shape index (κ1) is 17.8. The highest BCUT2D eigenvalue weighted by Gasteiger charge is 2.35. The number of benzene rings is 2. The zero-order chi connectivity index (χ0) is 18.8. The van der Waals surface area contributed by atoms with Gasteiger partial charge in [-0.2, -0.15) is 5.10 Å². The first-order valence-corrected chi connectivity index (χ1v) is 9.13. The smallest absolute Gasteiger partial charge is 0.143 e. The van der Waals surface area contributed by atoms with E-state index in [1.165, 1.54) is 6.33 Å². The molecule has 6 nitrogen and oxygen atoms in total. The fourth-order valence-electron chi connectivity index (χ4n) is 3.04. The fourth-order valence-corrected chi connectivity index (χ4v) is 3.51. The van der Waals surface area contributed by atoms with E-state index in [1.54, 1.807) is 23.1 Å². The average molecular weight is 403 g/mol. The molecule has 4 rings (SSSR count). The van der Waals surface area contributed by atoms with Crippen molar-refractivity contribution < 1.29 is 9.57 Å². The number of fused-ring (bicyclic) bond motifs is 1. The molecular formula is C19H16Cl2N4O2. The van der Waals surface area contributed by atoms with Gasteiger partial charge in [-0.3, -0.25) is 0 Å². The van der Waals surface area contributed by atoms with E-state index in [0.29, 0.717) is 10.0 Å². The van der Waals surface area contributed by atoms with Crippen LogP contribution in [0.4, 0.5) is 0 Å². The van der Waals surface area contributed by atoms with Crippen molar-refractivity contribution in [2.24, 2.45) is 5.16 Å². The summed E-state index contributed by atoms with van der Waals surface area (Å²) in [7, 11) is 0. The number of oxime groups is 1. The highest BCUT2D eigenvalue weighted by molar-refractivity contribution is 6.35. The first-order valence-electron chi connectivity index (χ1n) is 8.37. The van der Waals surface area contributed by atoms with Crippen LogP contribution in [0.3, 0.4) is 0 Å². The lowest BCUT2D eigenvalue weighted by Gasteiger charge is -2.32. The topological polar surface area (TPSA) is 61.5 Å². The Morgan fingerprint density at radius 2 is 2.07 bits per heavy atom. The standard InChI is InChI=1S/C19H16Cl2N4O2/c1-12-19(25-11-22-10-23-25)18(15-4-2-3-5-17(15)27-12)24-26-9-13-6-7-14(20)8-16(13)21/h2-8,10-12,19H,9H2,1H3/b24-18-/t12-,19+/m0/s1. The molecule has 2 atom stereocenters. The van der Waals surface area contributed by atoms with E-state index in [9.17, 15) is 0 Å². The van der Waals surface area contributed by atoms with Gasteiger partial charge in [0.25, 0.3) is 0 Å². The molecule has 1 aromatic heterocycles. The Morgan fingerprint density at radius 3 is 2.85 bits per heavy atom. The molecule has 8 heteroatoms. The third-order valence-corrected chi connectivity index (χ3v) is 4.91. The number of para-hydroxylation sites is 1. The summed E-state index contributed by atoms with van der Waals surface area (Å²) in [6, 6.07) is 12.7. The SMILES string of the molecule is C[C@@H]1Oc2ccccc2/C(=N/OCc2ccc(Cl)cc2Cl)[C@@H]1n1cncn1. The number of rotatable bonds is 4. The van der Waals surface area contributed by atoms with Crippen LogP contribution in [0.25, 0.3) is 0 Å². The number of aromatic nitrogens is 3. The highest BCUT2D eigenvalue weighted by atomic mass is 35.5. The third kappa shape index (κ3) is 3.63. The van der Waals surface area contributed by atoms with Crippen LogP contribution in [0.1, 0.15) is 24.1 Å². The molecule has 0 aliphatic carbocycles. The molecule has 0 saturated carbocycles. The molecule has 3 aromatic rings. The second-order valence-electron chi connectivity index (χ2n) is 6.13. The van der Waals surface area contributed by atoms with Gasteiger partial charge in [-0.25, -0.2) is 9.67 Å². The van der Waals surface area contributed by atoms with Crippen molar-refractivity contribution in [2.75, 3.05) is 0 Å². The minimum Gasteiger partial charge on any atom is -0.487 e. The second kappa shape index (κ2) is 7.58. The summed E-state index contributed by atoms with van der Waals surface area (Å²) in [6.07, 6.45) is 2.94. The van der Waals surface area contributed by atoms with E-state index in [0.717, 1.165) is 22.6 Å². The van der Waals surface area contributed by atoms with Crippen molar-refractivity contribution in [1.82, 2.24) is 14.8 Å². The number of ether oxygens (including phenoxy) is 1. The Hall–Kier alpha value is -2.57. The van der Waals surface area contributed by atoms with Crippen LogP contribution in [0.15, 0.2) is 60.3 Å². The Bertz CT molecular complexity index is 976. The molecular weight excluding hydrogens is 387 g/mol. The molecule has 2 heterocycles. The Labute approximate surface area is 166 Å². The molecule has 0 bridgehead atoms. The van der Waals surface area contributed by atoms with Gasteiger partial charge in [-0.05, 0) is 31.2 Å². The van der Waals surface area contributed by atoms with Crippen molar-refractivity contribution >= 4 is 28.9 Å². The number of nitrogens with zero attached hydrogens (tertiary/aromatic N) is 4. The summed E-state index contributed by atoms with van der Waals surface area (Å²) >= 11 is 12.1. The van der Waals surface area contributed by atoms with Gasteiger partial charge >= 0.3 is 0 Å². The Morgan fingerprint density at radius 1 is 1.22 bits per heavy atom. The normalized spacial score (nSPS) is 20.2. The molecule has 0 fully saturated rings. The van der Waals surface area contributed by atoms with E-state index in [2.05, 4.69) is 15.2 Å². The summed E-state index contributed by atoms with van der Waals surface area (Å²) < 4.78 is 7.75. The summed E-state index contributed by atoms with van der Waals surface area (Å²) in [4.78, 5) is 9.70. The molecule has 1 aliphatic heterocycles. The minimum atomic E-state index is -0.261. The highest BCUT2D eigenvalue weighted by Crippen LogP contribution is 2.33. The van der Waals surface area contributed by atoms with Gasteiger partial charge in [0.05, 0.1) is 0 Å². The van der Waals surface area contributed by atoms with Gasteiger partial charge in [0.2, 0.25) is 0 Å². The molecule has 0 radical (unpaired) electrons. The predicted octanol–water partition coefficient (Wildman–Crippen LogP) is 4.53. The summed E-state index contributed by atoms with van der Waals surface area (Å²) in [6.45, 7) is 2.19. The van der Waals surface area contributed by atoms with E-state index >= 15 is 0 Å². The van der Waals surface area contributed by atoms with E-state index in [1.807, 2.05) is 37.3 Å².